The van der Waals surface area contributed by atoms with E-state index in [0.29, 0.717) is 12.2 Å². The van der Waals surface area contributed by atoms with Crippen LogP contribution in [-0.4, -0.2) is 21.6 Å². The molecule has 2 rings (SSSR count). The minimum Gasteiger partial charge on any atom is -0.496 e. The molecule has 0 aliphatic heterocycles. The summed E-state index contributed by atoms with van der Waals surface area (Å²) >= 11 is 3.47. The molecule has 2 heterocycles. The number of pyridine rings is 1. The quantitative estimate of drug-likeness (QED) is 0.852. The molecule has 0 atom stereocenters. The molecule has 2 aromatic heterocycles. The van der Waals surface area contributed by atoms with Gasteiger partial charge in [0, 0.05) is 23.0 Å². The first-order valence-corrected chi connectivity index (χ1v) is 7.38. The van der Waals surface area contributed by atoms with Crippen molar-refractivity contribution in [1.82, 2.24) is 14.5 Å². The first-order chi connectivity index (χ1) is 9.86. The fourth-order valence-electron chi connectivity index (χ4n) is 2.34. The van der Waals surface area contributed by atoms with E-state index >= 15 is 0 Å². The van der Waals surface area contributed by atoms with Crippen LogP contribution in [0.25, 0.3) is 0 Å². The molecule has 0 bridgehead atoms. The third kappa shape index (κ3) is 2.85. The van der Waals surface area contributed by atoms with Crippen molar-refractivity contribution < 1.29 is 4.74 Å². The first kappa shape index (κ1) is 15.7. The monoisotopic (exact) mass is 351 g/mol. The molecule has 0 aliphatic rings. The maximum Gasteiger partial charge on any atom is 0.348 e. The third-order valence-corrected chi connectivity index (χ3v) is 4.74. The second-order valence-corrected chi connectivity index (χ2v) is 5.80. The Morgan fingerprint density at radius 1 is 1.29 bits per heavy atom. The van der Waals surface area contributed by atoms with E-state index in [9.17, 15) is 4.79 Å². The van der Waals surface area contributed by atoms with Gasteiger partial charge in [0.1, 0.15) is 5.75 Å². The zero-order chi connectivity index (χ0) is 15.7. The second kappa shape index (κ2) is 5.97. The van der Waals surface area contributed by atoms with Gasteiger partial charge in [0.15, 0.2) is 0 Å². The molecule has 0 fully saturated rings. The molecule has 0 saturated carbocycles. The lowest BCUT2D eigenvalue weighted by molar-refractivity contribution is 0.406. The molecule has 0 N–H and O–H groups in total. The van der Waals surface area contributed by atoms with Crippen molar-refractivity contribution in [2.24, 2.45) is 0 Å². The Bertz CT molecular complexity index is 754. The number of halogens is 1. The van der Waals surface area contributed by atoms with Gasteiger partial charge in [-0.1, -0.05) is 0 Å². The highest BCUT2D eigenvalue weighted by Gasteiger charge is 2.14. The van der Waals surface area contributed by atoms with Crippen molar-refractivity contribution in [3.63, 3.8) is 0 Å². The Hall–Kier alpha value is -1.69. The van der Waals surface area contributed by atoms with Crippen LogP contribution < -0.4 is 10.4 Å². The summed E-state index contributed by atoms with van der Waals surface area (Å²) in [5, 5.41) is 0. The maximum absolute atomic E-state index is 12.1. The van der Waals surface area contributed by atoms with Crippen molar-refractivity contribution in [2.45, 2.75) is 34.2 Å². The average molecular weight is 352 g/mol. The largest absolute Gasteiger partial charge is 0.496 e. The molecule has 112 valence electrons. The molecule has 0 aromatic carbocycles. The summed E-state index contributed by atoms with van der Waals surface area (Å²) in [7, 11) is 1.64. The average Bonchev–Trinajstić information content (AvgIpc) is 2.44. The van der Waals surface area contributed by atoms with Crippen LogP contribution in [0.2, 0.25) is 0 Å². The van der Waals surface area contributed by atoms with Crippen LogP contribution in [0, 0.1) is 27.7 Å². The molecular weight excluding hydrogens is 334 g/mol. The van der Waals surface area contributed by atoms with Crippen molar-refractivity contribution in [1.29, 1.82) is 0 Å². The molecule has 0 spiro atoms. The van der Waals surface area contributed by atoms with Crippen molar-refractivity contribution in [2.75, 3.05) is 7.11 Å². The molecule has 0 aliphatic carbocycles. The molecule has 0 amide bonds. The minimum atomic E-state index is -0.269. The third-order valence-electron chi connectivity index (χ3n) is 3.59. The topological polar surface area (TPSA) is 57.0 Å². The number of aryl methyl sites for hydroxylation is 2. The van der Waals surface area contributed by atoms with Gasteiger partial charge >= 0.3 is 5.69 Å². The van der Waals surface area contributed by atoms with E-state index in [1.807, 2.05) is 20.8 Å². The molecule has 2 aromatic rings. The standard InChI is InChI=1S/C15H18BrN3O2/c1-8-6-17-12(9(2)14(8)21-5)7-19-11(4)13(16)10(3)18-15(19)20/h6H,7H2,1-5H3. The highest BCUT2D eigenvalue weighted by atomic mass is 79.9. The van der Waals surface area contributed by atoms with Crippen molar-refractivity contribution in [3.05, 3.63) is 49.4 Å². The van der Waals surface area contributed by atoms with E-state index in [0.717, 1.165) is 32.7 Å². The lowest BCUT2D eigenvalue weighted by Gasteiger charge is -2.15. The van der Waals surface area contributed by atoms with Crippen LogP contribution in [-0.2, 0) is 6.54 Å². The van der Waals surface area contributed by atoms with Gasteiger partial charge in [0.2, 0.25) is 0 Å². The van der Waals surface area contributed by atoms with Gasteiger partial charge in [-0.25, -0.2) is 4.79 Å². The normalized spacial score (nSPS) is 10.8. The number of hydrogen-bond acceptors (Lipinski definition) is 4. The van der Waals surface area contributed by atoms with E-state index < -0.39 is 0 Å². The highest BCUT2D eigenvalue weighted by Crippen LogP contribution is 2.25. The lowest BCUT2D eigenvalue weighted by Crippen LogP contribution is -2.27. The Kier molecular flexibility index (Phi) is 4.46. The van der Waals surface area contributed by atoms with Gasteiger partial charge in [-0.2, -0.15) is 4.98 Å². The fourth-order valence-corrected chi connectivity index (χ4v) is 2.65. The summed E-state index contributed by atoms with van der Waals surface area (Å²) in [6, 6.07) is 0. The predicted octanol–water partition coefficient (Wildman–Crippen LogP) is 2.69. The zero-order valence-corrected chi connectivity index (χ0v) is 14.4. The molecule has 21 heavy (non-hydrogen) atoms. The summed E-state index contributed by atoms with van der Waals surface area (Å²) in [5.74, 6) is 0.810. The van der Waals surface area contributed by atoms with Crippen LogP contribution >= 0.6 is 15.9 Å². The zero-order valence-electron chi connectivity index (χ0n) is 12.8. The summed E-state index contributed by atoms with van der Waals surface area (Å²) < 4.78 is 7.86. The van der Waals surface area contributed by atoms with E-state index in [-0.39, 0.29) is 5.69 Å². The lowest BCUT2D eigenvalue weighted by atomic mass is 10.1. The number of methoxy groups -OCH3 is 1. The SMILES string of the molecule is COc1c(C)cnc(Cn2c(C)c(Br)c(C)nc2=O)c1C. The molecule has 0 unspecified atom stereocenters. The molecule has 0 saturated heterocycles. The second-order valence-electron chi connectivity index (χ2n) is 5.01. The fraction of sp³-hybridized carbons (Fsp3) is 0.400. The van der Waals surface area contributed by atoms with Crippen LogP contribution in [0.1, 0.15) is 28.2 Å². The Labute approximate surface area is 132 Å². The number of ether oxygens (including phenoxy) is 1. The number of aromatic nitrogens is 3. The molecule has 0 radical (unpaired) electrons. The summed E-state index contributed by atoms with van der Waals surface area (Å²) in [6.45, 7) is 7.97. The van der Waals surface area contributed by atoms with Gasteiger partial charge in [-0.3, -0.25) is 9.55 Å². The Balaban J connectivity index is 2.54. The Morgan fingerprint density at radius 3 is 2.57 bits per heavy atom. The first-order valence-electron chi connectivity index (χ1n) is 6.59. The van der Waals surface area contributed by atoms with Crippen LogP contribution in [0.3, 0.4) is 0 Å². The van der Waals surface area contributed by atoms with Crippen LogP contribution in [0.15, 0.2) is 15.5 Å². The molecule has 5 nitrogen and oxygen atoms in total. The van der Waals surface area contributed by atoms with Gasteiger partial charge < -0.3 is 4.74 Å². The van der Waals surface area contributed by atoms with E-state index in [1.54, 1.807) is 24.8 Å². The van der Waals surface area contributed by atoms with Crippen LogP contribution in [0.5, 0.6) is 5.75 Å². The molecular formula is C15H18BrN3O2. The highest BCUT2D eigenvalue weighted by molar-refractivity contribution is 9.10. The summed E-state index contributed by atoms with van der Waals surface area (Å²) in [5.41, 5.74) is 3.99. The van der Waals surface area contributed by atoms with Crippen molar-refractivity contribution in [3.8, 4) is 5.75 Å². The maximum atomic E-state index is 12.1. The number of rotatable bonds is 3. The minimum absolute atomic E-state index is 0.269. The van der Waals surface area contributed by atoms with Crippen LogP contribution in [0.4, 0.5) is 0 Å². The Morgan fingerprint density at radius 2 is 1.95 bits per heavy atom. The number of hydrogen-bond donors (Lipinski definition) is 0. The van der Waals surface area contributed by atoms with Crippen molar-refractivity contribution >= 4 is 15.9 Å². The van der Waals surface area contributed by atoms with Gasteiger partial charge in [0.25, 0.3) is 0 Å². The number of nitrogens with zero attached hydrogens (tertiary/aromatic N) is 3. The molecule has 6 heteroatoms. The van der Waals surface area contributed by atoms with E-state index in [1.165, 1.54) is 0 Å². The summed E-state index contributed by atoms with van der Waals surface area (Å²) in [6.07, 6.45) is 1.76. The summed E-state index contributed by atoms with van der Waals surface area (Å²) in [4.78, 5) is 20.6. The van der Waals surface area contributed by atoms with Gasteiger partial charge in [0.05, 0.1) is 29.5 Å². The van der Waals surface area contributed by atoms with E-state index in [4.69, 9.17) is 4.74 Å². The smallest absolute Gasteiger partial charge is 0.348 e. The van der Waals surface area contributed by atoms with Gasteiger partial charge in [-0.15, -0.1) is 0 Å². The van der Waals surface area contributed by atoms with E-state index in [2.05, 4.69) is 25.9 Å². The predicted molar refractivity (Wildman–Crippen MR) is 85.0 cm³/mol. The van der Waals surface area contributed by atoms with Gasteiger partial charge in [-0.05, 0) is 43.6 Å².